The first-order valence-electron chi connectivity index (χ1n) is 11.2. The summed E-state index contributed by atoms with van der Waals surface area (Å²) in [5.41, 5.74) is 3.60. The van der Waals surface area contributed by atoms with Crippen molar-refractivity contribution in [1.29, 1.82) is 0 Å². The summed E-state index contributed by atoms with van der Waals surface area (Å²) in [6.07, 6.45) is 2.23. The number of nitrogens with zero attached hydrogens (tertiary/aromatic N) is 2. The molecule has 194 valence electrons. The van der Waals surface area contributed by atoms with E-state index in [9.17, 15) is 22.4 Å². The SMILES string of the molecule is C[C@@H](NC(=O)COc1ccc(/C=N\NC(=O)CN(c2ccccc2F)S(C)(=O)=O)cc1)c1ccccc1. The summed E-state index contributed by atoms with van der Waals surface area (Å²) in [7, 11) is -3.91. The number of amides is 2. The zero-order valence-corrected chi connectivity index (χ0v) is 21.1. The van der Waals surface area contributed by atoms with Crippen LogP contribution in [-0.2, 0) is 19.6 Å². The largest absolute Gasteiger partial charge is 0.484 e. The van der Waals surface area contributed by atoms with Crippen LogP contribution < -0.4 is 19.8 Å². The molecule has 37 heavy (non-hydrogen) atoms. The first-order valence-corrected chi connectivity index (χ1v) is 13.1. The first-order chi connectivity index (χ1) is 17.6. The molecule has 2 amide bonds. The number of nitrogens with one attached hydrogen (secondary N) is 2. The Balaban J connectivity index is 1.48. The highest BCUT2D eigenvalue weighted by molar-refractivity contribution is 7.92. The molecule has 3 aromatic carbocycles. The highest BCUT2D eigenvalue weighted by Crippen LogP contribution is 2.21. The molecular weight excluding hydrogens is 499 g/mol. The van der Waals surface area contributed by atoms with Gasteiger partial charge in [-0.05, 0) is 54.4 Å². The molecule has 3 aromatic rings. The molecular formula is C26H27FN4O5S. The molecule has 0 bridgehead atoms. The van der Waals surface area contributed by atoms with Gasteiger partial charge in [-0.15, -0.1) is 0 Å². The van der Waals surface area contributed by atoms with Gasteiger partial charge in [-0.25, -0.2) is 18.2 Å². The molecule has 0 fully saturated rings. The molecule has 0 unspecified atom stereocenters. The van der Waals surface area contributed by atoms with Crippen LogP contribution in [0.25, 0.3) is 0 Å². The molecule has 0 aliphatic carbocycles. The maximum Gasteiger partial charge on any atom is 0.260 e. The molecule has 0 saturated heterocycles. The normalized spacial score (nSPS) is 12.1. The van der Waals surface area contributed by atoms with E-state index >= 15 is 0 Å². The van der Waals surface area contributed by atoms with Crippen LogP contribution in [0.5, 0.6) is 5.75 Å². The Kier molecular flexibility index (Phi) is 9.33. The molecule has 3 rings (SSSR count). The Hall–Kier alpha value is -4.25. The summed E-state index contributed by atoms with van der Waals surface area (Å²) in [5.74, 6) is -1.31. The smallest absolute Gasteiger partial charge is 0.260 e. The Labute approximate surface area is 215 Å². The van der Waals surface area contributed by atoms with Crippen molar-refractivity contribution in [2.45, 2.75) is 13.0 Å². The van der Waals surface area contributed by atoms with Crippen LogP contribution in [0.4, 0.5) is 10.1 Å². The number of hydrogen-bond acceptors (Lipinski definition) is 6. The van der Waals surface area contributed by atoms with Gasteiger partial charge in [-0.2, -0.15) is 5.10 Å². The van der Waals surface area contributed by atoms with Crippen molar-refractivity contribution in [2.75, 3.05) is 23.7 Å². The molecule has 0 spiro atoms. The molecule has 0 aliphatic rings. The fourth-order valence-electron chi connectivity index (χ4n) is 3.29. The molecule has 0 radical (unpaired) electrons. The Bertz CT molecular complexity index is 1350. The predicted octanol–water partition coefficient (Wildman–Crippen LogP) is 3.00. The van der Waals surface area contributed by atoms with Gasteiger partial charge in [-0.1, -0.05) is 42.5 Å². The number of anilines is 1. The minimum atomic E-state index is -3.91. The average molecular weight is 527 g/mol. The molecule has 1 atom stereocenters. The van der Waals surface area contributed by atoms with Crippen molar-refractivity contribution in [3.8, 4) is 5.75 Å². The van der Waals surface area contributed by atoms with E-state index in [0.717, 1.165) is 17.9 Å². The van der Waals surface area contributed by atoms with E-state index in [1.165, 1.54) is 24.4 Å². The van der Waals surface area contributed by atoms with Crippen LogP contribution in [0.1, 0.15) is 24.1 Å². The predicted molar refractivity (Wildman–Crippen MR) is 139 cm³/mol. The zero-order chi connectivity index (χ0) is 26.8. The van der Waals surface area contributed by atoms with Gasteiger partial charge in [-0.3, -0.25) is 13.9 Å². The van der Waals surface area contributed by atoms with Gasteiger partial charge in [0.15, 0.2) is 6.61 Å². The fraction of sp³-hybridized carbons (Fsp3) is 0.192. The maximum absolute atomic E-state index is 14.1. The van der Waals surface area contributed by atoms with Crippen LogP contribution in [0.3, 0.4) is 0 Å². The minimum absolute atomic E-state index is 0.151. The van der Waals surface area contributed by atoms with E-state index < -0.39 is 28.3 Å². The molecule has 0 saturated carbocycles. The second-order valence-corrected chi connectivity index (χ2v) is 9.98. The third kappa shape index (κ3) is 8.43. The van der Waals surface area contributed by atoms with E-state index in [-0.39, 0.29) is 24.2 Å². The number of halogens is 1. The van der Waals surface area contributed by atoms with Gasteiger partial charge in [0.05, 0.1) is 24.2 Å². The lowest BCUT2D eigenvalue weighted by molar-refractivity contribution is -0.123. The topological polar surface area (TPSA) is 117 Å². The number of rotatable bonds is 11. The summed E-state index contributed by atoms with van der Waals surface area (Å²) >= 11 is 0. The molecule has 11 heteroatoms. The number of sulfonamides is 1. The second kappa shape index (κ2) is 12.6. The monoisotopic (exact) mass is 526 g/mol. The first kappa shape index (κ1) is 27.3. The zero-order valence-electron chi connectivity index (χ0n) is 20.3. The molecule has 2 N–H and O–H groups in total. The number of carbonyl (C=O) groups is 2. The Morgan fingerprint density at radius 2 is 1.65 bits per heavy atom. The summed E-state index contributed by atoms with van der Waals surface area (Å²) in [5, 5.41) is 6.68. The average Bonchev–Trinajstić information content (AvgIpc) is 2.87. The standard InChI is InChI=1S/C26H27FN4O5S/c1-19(21-8-4-3-5-9-21)29-26(33)18-36-22-14-12-20(13-15-22)16-28-30-25(32)17-31(37(2,34)35)24-11-7-6-10-23(24)27/h3-16,19H,17-18H2,1-2H3,(H,29,33)(H,30,32)/b28-16-/t19-/m1/s1. The van der Waals surface area contributed by atoms with Crippen molar-refractivity contribution >= 4 is 33.7 Å². The van der Waals surface area contributed by atoms with E-state index in [2.05, 4.69) is 15.8 Å². The number of benzene rings is 3. The van der Waals surface area contributed by atoms with Gasteiger partial charge in [0.2, 0.25) is 10.0 Å². The summed E-state index contributed by atoms with van der Waals surface area (Å²) in [6, 6.07) is 21.3. The van der Waals surface area contributed by atoms with Crippen molar-refractivity contribution in [3.05, 3.63) is 95.8 Å². The lowest BCUT2D eigenvalue weighted by Crippen LogP contribution is -2.39. The Morgan fingerprint density at radius 1 is 1.00 bits per heavy atom. The third-order valence-electron chi connectivity index (χ3n) is 5.14. The maximum atomic E-state index is 14.1. The van der Waals surface area contributed by atoms with Crippen LogP contribution in [0, 0.1) is 5.82 Å². The van der Waals surface area contributed by atoms with Crippen LogP contribution in [0.2, 0.25) is 0 Å². The van der Waals surface area contributed by atoms with Crippen molar-refractivity contribution in [1.82, 2.24) is 10.7 Å². The number of hydrogen-bond donors (Lipinski definition) is 2. The summed E-state index contributed by atoms with van der Waals surface area (Å²) in [6.45, 7) is 1.09. The van der Waals surface area contributed by atoms with E-state index in [1.54, 1.807) is 24.3 Å². The highest BCUT2D eigenvalue weighted by Gasteiger charge is 2.23. The van der Waals surface area contributed by atoms with Gasteiger partial charge in [0.1, 0.15) is 18.1 Å². The summed E-state index contributed by atoms with van der Waals surface area (Å²) < 4.78 is 44.4. The quantitative estimate of drug-likeness (QED) is 0.294. The van der Waals surface area contributed by atoms with Gasteiger partial charge in [0, 0.05) is 0 Å². The molecule has 0 aromatic heterocycles. The number of para-hydroxylation sites is 1. The number of carbonyl (C=O) groups excluding carboxylic acids is 2. The van der Waals surface area contributed by atoms with Gasteiger partial charge < -0.3 is 10.1 Å². The van der Waals surface area contributed by atoms with Crippen LogP contribution >= 0.6 is 0 Å². The second-order valence-electron chi connectivity index (χ2n) is 8.07. The lowest BCUT2D eigenvalue weighted by Gasteiger charge is -2.21. The molecule has 9 nitrogen and oxygen atoms in total. The molecule has 0 aliphatic heterocycles. The van der Waals surface area contributed by atoms with E-state index in [0.29, 0.717) is 15.6 Å². The Morgan fingerprint density at radius 3 is 2.30 bits per heavy atom. The molecule has 0 heterocycles. The van der Waals surface area contributed by atoms with Gasteiger partial charge >= 0.3 is 0 Å². The highest BCUT2D eigenvalue weighted by atomic mass is 32.2. The van der Waals surface area contributed by atoms with E-state index in [1.807, 2.05) is 37.3 Å². The van der Waals surface area contributed by atoms with E-state index in [4.69, 9.17) is 4.74 Å². The van der Waals surface area contributed by atoms with Crippen molar-refractivity contribution < 1.29 is 27.1 Å². The summed E-state index contributed by atoms with van der Waals surface area (Å²) in [4.78, 5) is 24.4. The van der Waals surface area contributed by atoms with Crippen LogP contribution in [0.15, 0.2) is 84.0 Å². The lowest BCUT2D eigenvalue weighted by atomic mass is 10.1. The van der Waals surface area contributed by atoms with Gasteiger partial charge in [0.25, 0.3) is 11.8 Å². The van der Waals surface area contributed by atoms with Crippen molar-refractivity contribution in [3.63, 3.8) is 0 Å². The van der Waals surface area contributed by atoms with Crippen molar-refractivity contribution in [2.24, 2.45) is 5.10 Å². The number of ether oxygens (including phenoxy) is 1. The number of hydrazone groups is 1. The fourth-order valence-corrected chi connectivity index (χ4v) is 4.14. The minimum Gasteiger partial charge on any atom is -0.484 e. The third-order valence-corrected chi connectivity index (χ3v) is 6.27. The van der Waals surface area contributed by atoms with Crippen LogP contribution in [-0.4, -0.2) is 45.9 Å².